The van der Waals surface area contributed by atoms with Crippen LogP contribution < -0.4 is 5.32 Å². The number of hydrogen-bond donors (Lipinski definition) is 1. The van der Waals surface area contributed by atoms with E-state index in [1.807, 2.05) is 12.1 Å². The zero-order valence-electron chi connectivity index (χ0n) is 11.7. The molecule has 102 valence electrons. The molecule has 2 heterocycles. The zero-order valence-corrected chi connectivity index (χ0v) is 12.5. The van der Waals surface area contributed by atoms with Crippen molar-refractivity contribution in [1.29, 1.82) is 0 Å². The van der Waals surface area contributed by atoms with E-state index in [-0.39, 0.29) is 0 Å². The lowest BCUT2D eigenvalue weighted by molar-refractivity contribution is 0.970. The van der Waals surface area contributed by atoms with Gasteiger partial charge in [-0.05, 0) is 30.4 Å². The average Bonchev–Trinajstić information content (AvgIpc) is 2.93. The predicted octanol–water partition coefficient (Wildman–Crippen LogP) is 4.49. The molecule has 2 aromatic heterocycles. The van der Waals surface area contributed by atoms with Crippen LogP contribution in [0.4, 0.5) is 5.82 Å². The van der Waals surface area contributed by atoms with E-state index in [4.69, 9.17) is 9.97 Å². The van der Waals surface area contributed by atoms with Crippen molar-refractivity contribution in [1.82, 2.24) is 9.97 Å². The van der Waals surface area contributed by atoms with E-state index in [1.54, 1.807) is 11.3 Å². The second-order valence-corrected chi connectivity index (χ2v) is 5.67. The van der Waals surface area contributed by atoms with Gasteiger partial charge in [-0.2, -0.15) is 0 Å². The maximum atomic E-state index is 4.73. The van der Waals surface area contributed by atoms with E-state index in [9.17, 15) is 0 Å². The molecule has 4 heteroatoms. The van der Waals surface area contributed by atoms with E-state index in [2.05, 4.69) is 42.7 Å². The van der Waals surface area contributed by atoms with Crippen LogP contribution in [-0.2, 0) is 0 Å². The minimum Gasteiger partial charge on any atom is -0.369 e. The van der Waals surface area contributed by atoms with Crippen molar-refractivity contribution >= 4 is 27.4 Å². The summed E-state index contributed by atoms with van der Waals surface area (Å²) in [6, 6.07) is 10.3. The molecule has 3 nitrogen and oxygen atoms in total. The monoisotopic (exact) mass is 283 g/mol. The Bertz CT molecular complexity index is 733. The molecule has 3 rings (SSSR count). The van der Waals surface area contributed by atoms with Crippen molar-refractivity contribution in [2.75, 3.05) is 11.9 Å². The number of nitrogens with one attached hydrogen (secondary N) is 1. The van der Waals surface area contributed by atoms with E-state index in [1.165, 1.54) is 5.56 Å². The molecule has 0 spiro atoms. The van der Waals surface area contributed by atoms with Crippen LogP contribution in [-0.4, -0.2) is 16.5 Å². The Labute approximate surface area is 122 Å². The van der Waals surface area contributed by atoms with Gasteiger partial charge in [-0.3, -0.25) is 0 Å². The number of aryl methyl sites for hydroxylation is 1. The summed E-state index contributed by atoms with van der Waals surface area (Å²) in [6.45, 7) is 5.17. The fourth-order valence-electron chi connectivity index (χ4n) is 2.18. The summed E-state index contributed by atoms with van der Waals surface area (Å²) in [5.41, 5.74) is 2.30. The molecule has 0 atom stereocenters. The number of nitrogens with zero attached hydrogens (tertiary/aromatic N) is 2. The number of rotatable bonds is 4. The van der Waals surface area contributed by atoms with Crippen molar-refractivity contribution in [2.45, 2.75) is 20.3 Å². The Morgan fingerprint density at radius 3 is 2.80 bits per heavy atom. The Hall–Kier alpha value is -1.94. The largest absolute Gasteiger partial charge is 0.369 e. The number of aromatic nitrogens is 2. The summed E-state index contributed by atoms with van der Waals surface area (Å²) in [4.78, 5) is 10.5. The molecule has 0 aliphatic rings. The SMILES string of the molecule is CCCNc1nc(-c2ccccc2C)nc2sccc12. The van der Waals surface area contributed by atoms with Crippen LogP contribution in [0.3, 0.4) is 0 Å². The number of hydrogen-bond acceptors (Lipinski definition) is 4. The van der Waals surface area contributed by atoms with Gasteiger partial charge in [0.25, 0.3) is 0 Å². The Morgan fingerprint density at radius 2 is 2.00 bits per heavy atom. The third-order valence-corrected chi connectivity index (χ3v) is 4.06. The first-order valence-corrected chi connectivity index (χ1v) is 7.72. The van der Waals surface area contributed by atoms with Gasteiger partial charge in [0.05, 0.1) is 5.39 Å². The summed E-state index contributed by atoms with van der Waals surface area (Å²) in [5.74, 6) is 1.74. The van der Waals surface area contributed by atoms with Gasteiger partial charge in [0.2, 0.25) is 0 Å². The molecule has 1 N–H and O–H groups in total. The maximum absolute atomic E-state index is 4.73. The topological polar surface area (TPSA) is 37.8 Å². The predicted molar refractivity (Wildman–Crippen MR) is 86.4 cm³/mol. The van der Waals surface area contributed by atoms with Gasteiger partial charge in [0, 0.05) is 12.1 Å². The minimum absolute atomic E-state index is 0.802. The zero-order chi connectivity index (χ0) is 13.9. The number of fused-ring (bicyclic) bond motifs is 1. The van der Waals surface area contributed by atoms with Crippen LogP contribution in [0.5, 0.6) is 0 Å². The fourth-order valence-corrected chi connectivity index (χ4v) is 2.94. The number of anilines is 1. The third kappa shape index (κ3) is 2.39. The normalized spacial score (nSPS) is 10.9. The van der Waals surface area contributed by atoms with Crippen molar-refractivity contribution in [3.8, 4) is 11.4 Å². The Kier molecular flexibility index (Phi) is 3.65. The molecule has 0 aliphatic carbocycles. The lowest BCUT2D eigenvalue weighted by Gasteiger charge is -2.09. The molecular formula is C16H17N3S. The first-order valence-electron chi connectivity index (χ1n) is 6.84. The first-order chi connectivity index (χ1) is 9.79. The van der Waals surface area contributed by atoms with E-state index in [0.29, 0.717) is 0 Å². The molecule has 0 radical (unpaired) electrons. The fraction of sp³-hybridized carbons (Fsp3) is 0.250. The molecule has 0 unspecified atom stereocenters. The van der Waals surface area contributed by atoms with Gasteiger partial charge in [0.1, 0.15) is 10.6 Å². The van der Waals surface area contributed by atoms with Gasteiger partial charge in [-0.1, -0.05) is 31.2 Å². The molecule has 0 saturated heterocycles. The lowest BCUT2D eigenvalue weighted by Crippen LogP contribution is -2.04. The van der Waals surface area contributed by atoms with Crippen LogP contribution in [0, 0.1) is 6.92 Å². The quantitative estimate of drug-likeness (QED) is 0.766. The summed E-state index contributed by atoms with van der Waals surface area (Å²) in [7, 11) is 0. The maximum Gasteiger partial charge on any atom is 0.163 e. The lowest BCUT2D eigenvalue weighted by atomic mass is 10.1. The van der Waals surface area contributed by atoms with Crippen LogP contribution in [0.1, 0.15) is 18.9 Å². The minimum atomic E-state index is 0.802. The first kappa shape index (κ1) is 13.1. The van der Waals surface area contributed by atoms with E-state index < -0.39 is 0 Å². The van der Waals surface area contributed by atoms with Crippen molar-refractivity contribution < 1.29 is 0 Å². The molecule has 0 saturated carbocycles. The molecule has 0 aliphatic heterocycles. The highest BCUT2D eigenvalue weighted by molar-refractivity contribution is 7.16. The smallest absolute Gasteiger partial charge is 0.163 e. The molecule has 1 aromatic carbocycles. The van der Waals surface area contributed by atoms with Gasteiger partial charge in [-0.15, -0.1) is 11.3 Å². The van der Waals surface area contributed by atoms with Crippen molar-refractivity contribution in [2.24, 2.45) is 0 Å². The van der Waals surface area contributed by atoms with E-state index >= 15 is 0 Å². The highest BCUT2D eigenvalue weighted by Gasteiger charge is 2.11. The summed E-state index contributed by atoms with van der Waals surface area (Å²) < 4.78 is 0. The standard InChI is InChI=1S/C16H17N3S/c1-3-9-17-14-13-8-10-20-16(13)19-15(18-14)12-7-5-4-6-11(12)2/h4-8,10H,3,9H2,1-2H3,(H,17,18,19). The second kappa shape index (κ2) is 5.59. The average molecular weight is 283 g/mol. The molecule has 3 aromatic rings. The molecular weight excluding hydrogens is 266 g/mol. The Morgan fingerprint density at radius 1 is 1.15 bits per heavy atom. The highest BCUT2D eigenvalue weighted by atomic mass is 32.1. The van der Waals surface area contributed by atoms with Crippen molar-refractivity contribution in [3.63, 3.8) is 0 Å². The van der Waals surface area contributed by atoms with Crippen LogP contribution >= 0.6 is 11.3 Å². The molecule has 0 bridgehead atoms. The van der Waals surface area contributed by atoms with Gasteiger partial charge in [-0.25, -0.2) is 9.97 Å². The van der Waals surface area contributed by atoms with Gasteiger partial charge in [0.15, 0.2) is 5.82 Å². The van der Waals surface area contributed by atoms with Gasteiger partial charge >= 0.3 is 0 Å². The van der Waals surface area contributed by atoms with Crippen molar-refractivity contribution in [3.05, 3.63) is 41.3 Å². The Balaban J connectivity index is 2.14. The van der Waals surface area contributed by atoms with Gasteiger partial charge < -0.3 is 5.32 Å². The molecule has 0 fully saturated rings. The summed E-state index contributed by atoms with van der Waals surface area (Å²) >= 11 is 1.66. The molecule has 0 amide bonds. The second-order valence-electron chi connectivity index (χ2n) is 4.78. The highest BCUT2D eigenvalue weighted by Crippen LogP contribution is 2.29. The van der Waals surface area contributed by atoms with Crippen LogP contribution in [0.2, 0.25) is 0 Å². The number of thiophene rings is 1. The molecule has 20 heavy (non-hydrogen) atoms. The summed E-state index contributed by atoms with van der Waals surface area (Å²) in [5, 5.41) is 6.59. The number of benzene rings is 1. The third-order valence-electron chi connectivity index (χ3n) is 3.25. The summed E-state index contributed by atoms with van der Waals surface area (Å²) in [6.07, 6.45) is 1.08. The van der Waals surface area contributed by atoms with E-state index in [0.717, 1.165) is 40.4 Å². The van der Waals surface area contributed by atoms with Crippen LogP contribution in [0.15, 0.2) is 35.7 Å². The van der Waals surface area contributed by atoms with Crippen LogP contribution in [0.25, 0.3) is 21.6 Å².